The Bertz CT molecular complexity index is 412. The molecule has 2 N–H and O–H groups in total. The van der Waals surface area contributed by atoms with E-state index in [1.807, 2.05) is 12.1 Å². The summed E-state index contributed by atoms with van der Waals surface area (Å²) in [5, 5.41) is 0.839. The normalized spacial score (nSPS) is 16.2. The fraction of sp³-hybridized carbons (Fsp3) is 0.385. The van der Waals surface area contributed by atoms with Gasteiger partial charge in [-0.25, -0.2) is 0 Å². The lowest BCUT2D eigenvalue weighted by Crippen LogP contribution is -2.30. The second-order valence-corrected chi connectivity index (χ2v) is 4.55. The van der Waals surface area contributed by atoms with E-state index in [2.05, 4.69) is 24.0 Å². The van der Waals surface area contributed by atoms with Crippen molar-refractivity contribution in [2.24, 2.45) is 5.73 Å². The van der Waals surface area contributed by atoms with Gasteiger partial charge in [0.1, 0.15) is 0 Å². The van der Waals surface area contributed by atoms with Crippen LogP contribution < -0.4 is 10.6 Å². The van der Waals surface area contributed by atoms with Crippen molar-refractivity contribution >= 4 is 17.3 Å². The number of rotatable bonds is 2. The third kappa shape index (κ3) is 2.23. The van der Waals surface area contributed by atoms with E-state index >= 15 is 0 Å². The van der Waals surface area contributed by atoms with Crippen LogP contribution in [0.15, 0.2) is 29.8 Å². The van der Waals surface area contributed by atoms with Gasteiger partial charge in [0.2, 0.25) is 0 Å². The minimum Gasteiger partial charge on any atom is -0.367 e. The van der Waals surface area contributed by atoms with Gasteiger partial charge in [-0.2, -0.15) is 0 Å². The minimum atomic E-state index is 0.683. The summed E-state index contributed by atoms with van der Waals surface area (Å²) < 4.78 is 0. The van der Waals surface area contributed by atoms with E-state index in [1.54, 1.807) is 0 Å². The fourth-order valence-corrected chi connectivity index (χ4v) is 2.22. The van der Waals surface area contributed by atoms with E-state index in [9.17, 15) is 0 Å². The maximum atomic E-state index is 6.13. The van der Waals surface area contributed by atoms with Crippen molar-refractivity contribution in [3.05, 3.63) is 40.4 Å². The van der Waals surface area contributed by atoms with Crippen LogP contribution in [-0.4, -0.2) is 19.6 Å². The van der Waals surface area contributed by atoms with Crippen molar-refractivity contribution in [1.82, 2.24) is 0 Å². The summed E-state index contributed by atoms with van der Waals surface area (Å²) in [5.74, 6) is 0. The Kier molecular flexibility index (Phi) is 3.52. The molecule has 0 amide bonds. The predicted molar refractivity (Wildman–Crippen MR) is 70.2 cm³/mol. The van der Waals surface area contributed by atoms with Gasteiger partial charge in [0.05, 0.1) is 0 Å². The average Bonchev–Trinajstić information content (AvgIpc) is 2.33. The number of hydrogen-bond donors (Lipinski definition) is 1. The zero-order valence-electron chi connectivity index (χ0n) is 9.54. The molecule has 86 valence electrons. The highest BCUT2D eigenvalue weighted by Gasteiger charge is 2.13. The van der Waals surface area contributed by atoms with Crippen molar-refractivity contribution in [1.29, 1.82) is 0 Å². The van der Waals surface area contributed by atoms with E-state index in [0.717, 1.165) is 30.1 Å². The lowest BCUT2D eigenvalue weighted by atomic mass is 10.1. The molecule has 0 unspecified atom stereocenters. The van der Waals surface area contributed by atoms with Crippen LogP contribution >= 0.6 is 11.6 Å². The molecular weight excluding hydrogens is 220 g/mol. The molecule has 0 spiro atoms. The molecule has 0 saturated carbocycles. The van der Waals surface area contributed by atoms with E-state index < -0.39 is 0 Å². The topological polar surface area (TPSA) is 29.3 Å². The molecule has 1 aromatic rings. The summed E-state index contributed by atoms with van der Waals surface area (Å²) in [6, 6.07) is 6.07. The molecule has 0 aromatic heterocycles. The van der Waals surface area contributed by atoms with Gasteiger partial charge in [0.15, 0.2) is 0 Å². The van der Waals surface area contributed by atoms with Gasteiger partial charge in [-0.05, 0) is 31.0 Å². The molecule has 2 nitrogen and oxygen atoms in total. The second kappa shape index (κ2) is 4.89. The number of hydrogen-bond acceptors (Lipinski definition) is 2. The van der Waals surface area contributed by atoms with Crippen LogP contribution in [0.2, 0.25) is 5.02 Å². The van der Waals surface area contributed by atoms with Crippen LogP contribution in [0.1, 0.15) is 12.0 Å². The van der Waals surface area contributed by atoms with E-state index in [-0.39, 0.29) is 0 Å². The lowest BCUT2D eigenvalue weighted by Gasteiger charge is -2.29. The molecule has 1 aromatic carbocycles. The Morgan fingerprint density at radius 3 is 2.88 bits per heavy atom. The van der Waals surface area contributed by atoms with E-state index in [4.69, 9.17) is 17.3 Å². The van der Waals surface area contributed by atoms with Crippen molar-refractivity contribution < 1.29 is 0 Å². The molecule has 0 aliphatic carbocycles. The molecule has 0 bridgehead atoms. The lowest BCUT2D eigenvalue weighted by molar-refractivity contribution is 0.770. The molecule has 1 heterocycles. The molecular formula is C13H17ClN2. The number of anilines is 1. The van der Waals surface area contributed by atoms with Gasteiger partial charge in [-0.3, -0.25) is 0 Å². The van der Waals surface area contributed by atoms with Gasteiger partial charge in [-0.1, -0.05) is 29.3 Å². The number of halogens is 1. The van der Waals surface area contributed by atoms with Gasteiger partial charge in [0, 0.05) is 30.3 Å². The molecule has 1 aliphatic heterocycles. The Morgan fingerprint density at radius 1 is 1.44 bits per heavy atom. The van der Waals surface area contributed by atoms with Crippen molar-refractivity contribution in [3.63, 3.8) is 0 Å². The standard InChI is InChI=1S/C13H17ClN2/c1-10-12(14)3-2-4-13(10)16-7-5-11(9-15)6-8-16/h2-5H,6-9,15H2,1H3. The van der Waals surface area contributed by atoms with Crippen LogP contribution in [0.5, 0.6) is 0 Å². The van der Waals surface area contributed by atoms with Gasteiger partial charge in [-0.15, -0.1) is 0 Å². The smallest absolute Gasteiger partial charge is 0.0455 e. The highest BCUT2D eigenvalue weighted by molar-refractivity contribution is 6.31. The highest BCUT2D eigenvalue weighted by Crippen LogP contribution is 2.28. The first-order valence-corrected chi connectivity index (χ1v) is 5.98. The maximum Gasteiger partial charge on any atom is 0.0455 e. The summed E-state index contributed by atoms with van der Waals surface area (Å²) >= 11 is 6.13. The summed E-state index contributed by atoms with van der Waals surface area (Å²) in [5.41, 5.74) is 9.39. The van der Waals surface area contributed by atoms with Gasteiger partial charge < -0.3 is 10.6 Å². The van der Waals surface area contributed by atoms with Crippen molar-refractivity contribution in [3.8, 4) is 0 Å². The SMILES string of the molecule is Cc1c(Cl)cccc1N1CC=C(CN)CC1. The largest absolute Gasteiger partial charge is 0.367 e. The fourth-order valence-electron chi connectivity index (χ4n) is 2.05. The zero-order chi connectivity index (χ0) is 11.5. The number of benzene rings is 1. The molecule has 0 atom stereocenters. The third-order valence-electron chi connectivity index (χ3n) is 3.15. The van der Waals surface area contributed by atoms with E-state index in [1.165, 1.54) is 11.3 Å². The van der Waals surface area contributed by atoms with Crippen LogP contribution in [0.4, 0.5) is 5.69 Å². The van der Waals surface area contributed by atoms with Crippen LogP contribution in [0.3, 0.4) is 0 Å². The highest BCUT2D eigenvalue weighted by atomic mass is 35.5. The Labute approximate surface area is 102 Å². The number of nitrogens with two attached hydrogens (primary N) is 1. The molecule has 0 radical (unpaired) electrons. The van der Waals surface area contributed by atoms with Gasteiger partial charge in [0.25, 0.3) is 0 Å². The summed E-state index contributed by atoms with van der Waals surface area (Å²) in [6.45, 7) is 4.72. The molecule has 3 heteroatoms. The van der Waals surface area contributed by atoms with Crippen LogP contribution in [0, 0.1) is 6.92 Å². The summed E-state index contributed by atoms with van der Waals surface area (Å²) in [7, 11) is 0. The Morgan fingerprint density at radius 2 is 2.25 bits per heavy atom. The minimum absolute atomic E-state index is 0.683. The first kappa shape index (κ1) is 11.5. The summed E-state index contributed by atoms with van der Waals surface area (Å²) in [6.07, 6.45) is 3.28. The van der Waals surface area contributed by atoms with E-state index in [0.29, 0.717) is 6.54 Å². The second-order valence-electron chi connectivity index (χ2n) is 4.15. The maximum absolute atomic E-state index is 6.13. The average molecular weight is 237 g/mol. The molecule has 2 rings (SSSR count). The number of nitrogens with zero attached hydrogens (tertiary/aromatic N) is 1. The van der Waals surface area contributed by atoms with Crippen molar-refractivity contribution in [2.75, 3.05) is 24.5 Å². The van der Waals surface area contributed by atoms with Gasteiger partial charge >= 0.3 is 0 Å². The van der Waals surface area contributed by atoms with Crippen LogP contribution in [-0.2, 0) is 0 Å². The summed E-state index contributed by atoms with van der Waals surface area (Å²) in [4.78, 5) is 2.35. The first-order valence-electron chi connectivity index (χ1n) is 5.60. The first-order chi connectivity index (χ1) is 7.72. The quantitative estimate of drug-likeness (QED) is 0.801. The Hall–Kier alpha value is -0.990. The molecule has 1 aliphatic rings. The third-order valence-corrected chi connectivity index (χ3v) is 3.55. The van der Waals surface area contributed by atoms with Crippen molar-refractivity contribution in [2.45, 2.75) is 13.3 Å². The molecule has 0 fully saturated rings. The predicted octanol–water partition coefficient (Wildman–Crippen LogP) is 2.74. The van der Waals surface area contributed by atoms with Crippen LogP contribution in [0.25, 0.3) is 0 Å². The molecule has 0 saturated heterocycles. The molecule has 16 heavy (non-hydrogen) atoms. The Balaban J connectivity index is 2.21. The monoisotopic (exact) mass is 236 g/mol. The zero-order valence-corrected chi connectivity index (χ0v) is 10.3.